The van der Waals surface area contributed by atoms with Gasteiger partial charge in [-0.25, -0.2) is 4.98 Å². The van der Waals surface area contributed by atoms with Gasteiger partial charge in [-0.2, -0.15) is 0 Å². The fraction of sp³-hybridized carbons (Fsp3) is 0.143. The van der Waals surface area contributed by atoms with Crippen molar-refractivity contribution in [2.75, 3.05) is 5.32 Å². The highest BCUT2D eigenvalue weighted by molar-refractivity contribution is 5.82. The lowest BCUT2D eigenvalue weighted by Crippen LogP contribution is -2.23. The van der Waals surface area contributed by atoms with Gasteiger partial charge in [0.05, 0.1) is 17.6 Å². The highest BCUT2D eigenvalue weighted by Gasteiger charge is 2.09. The summed E-state index contributed by atoms with van der Waals surface area (Å²) in [4.78, 5) is 17.2. The molecule has 2 aromatic carbocycles. The zero-order valence-electron chi connectivity index (χ0n) is 14.4. The molecule has 2 N–H and O–H groups in total. The zero-order chi connectivity index (χ0) is 18.1. The standard InChI is InChI=1S/C21H19N3O2/c1-24-19-9-5-3-7-15(19)11-16(21(24)26)12-22-20-17(13-25)10-14-6-2-4-8-18(14)23-20/h2-11,25H,12-13H2,1H3,(H,22,23). The molecule has 130 valence electrons. The fourth-order valence-electron chi connectivity index (χ4n) is 3.23. The molecule has 5 nitrogen and oxygen atoms in total. The number of nitrogens with one attached hydrogen (secondary N) is 1. The van der Waals surface area contributed by atoms with E-state index in [2.05, 4.69) is 10.3 Å². The molecule has 0 radical (unpaired) electrons. The fourth-order valence-corrected chi connectivity index (χ4v) is 3.23. The van der Waals surface area contributed by atoms with E-state index in [4.69, 9.17) is 0 Å². The second kappa shape index (κ2) is 6.61. The largest absolute Gasteiger partial charge is 0.392 e. The number of aliphatic hydroxyl groups is 1. The number of fused-ring (bicyclic) bond motifs is 2. The SMILES string of the molecule is Cn1c(=O)c(CNc2nc3ccccc3cc2CO)cc2ccccc21. The van der Waals surface area contributed by atoms with Crippen LogP contribution in [0.15, 0.2) is 65.5 Å². The van der Waals surface area contributed by atoms with Gasteiger partial charge in [0, 0.05) is 30.1 Å². The molecule has 0 aliphatic carbocycles. The van der Waals surface area contributed by atoms with Gasteiger partial charge in [-0.05, 0) is 29.7 Å². The summed E-state index contributed by atoms with van der Waals surface area (Å²) >= 11 is 0. The van der Waals surface area contributed by atoms with E-state index in [1.807, 2.05) is 60.7 Å². The molecule has 0 spiro atoms. The molecule has 0 aliphatic heterocycles. The Balaban J connectivity index is 1.71. The summed E-state index contributed by atoms with van der Waals surface area (Å²) in [5.74, 6) is 0.599. The maximum atomic E-state index is 12.6. The number of hydrogen-bond acceptors (Lipinski definition) is 4. The maximum absolute atomic E-state index is 12.6. The van der Waals surface area contributed by atoms with Crippen LogP contribution in [0.2, 0.25) is 0 Å². The average molecular weight is 345 g/mol. The molecule has 2 aromatic heterocycles. The van der Waals surface area contributed by atoms with Crippen LogP contribution < -0.4 is 10.9 Å². The molecule has 0 saturated heterocycles. The Hall–Kier alpha value is -3.18. The Morgan fingerprint density at radius 1 is 1.00 bits per heavy atom. The summed E-state index contributed by atoms with van der Waals surface area (Å²) < 4.78 is 1.66. The molecule has 0 amide bonds. The first-order valence-electron chi connectivity index (χ1n) is 8.48. The number of benzene rings is 2. The number of nitrogens with zero attached hydrogens (tertiary/aromatic N) is 2. The Morgan fingerprint density at radius 2 is 1.69 bits per heavy atom. The molecule has 26 heavy (non-hydrogen) atoms. The molecule has 4 aromatic rings. The van der Waals surface area contributed by atoms with Crippen LogP contribution >= 0.6 is 0 Å². The minimum atomic E-state index is -0.115. The van der Waals surface area contributed by atoms with E-state index < -0.39 is 0 Å². The summed E-state index contributed by atoms with van der Waals surface area (Å²) in [7, 11) is 1.78. The number of aromatic nitrogens is 2. The van der Waals surface area contributed by atoms with Crippen molar-refractivity contribution in [3.63, 3.8) is 0 Å². The summed E-state index contributed by atoms with van der Waals surface area (Å²) in [5, 5.41) is 14.9. The van der Waals surface area contributed by atoms with Crippen LogP contribution in [0.5, 0.6) is 0 Å². The molecule has 0 aliphatic rings. The number of anilines is 1. The minimum absolute atomic E-state index is 0.0393. The van der Waals surface area contributed by atoms with Crippen molar-refractivity contribution in [3.8, 4) is 0 Å². The third kappa shape index (κ3) is 2.82. The van der Waals surface area contributed by atoms with Crippen LogP contribution in [0, 0.1) is 0 Å². The summed E-state index contributed by atoms with van der Waals surface area (Å²) in [5.41, 5.74) is 3.08. The van der Waals surface area contributed by atoms with Crippen LogP contribution in [-0.2, 0) is 20.2 Å². The zero-order valence-corrected chi connectivity index (χ0v) is 14.4. The molecule has 0 unspecified atom stereocenters. The van der Waals surface area contributed by atoms with Crippen LogP contribution in [0.4, 0.5) is 5.82 Å². The Labute approximate surface area is 150 Å². The maximum Gasteiger partial charge on any atom is 0.255 e. The smallest absolute Gasteiger partial charge is 0.255 e. The third-order valence-electron chi connectivity index (χ3n) is 4.63. The normalized spacial score (nSPS) is 11.2. The molecule has 2 heterocycles. The van der Waals surface area contributed by atoms with E-state index >= 15 is 0 Å². The van der Waals surface area contributed by atoms with Crippen molar-refractivity contribution >= 4 is 27.6 Å². The predicted molar refractivity (Wildman–Crippen MR) is 104 cm³/mol. The van der Waals surface area contributed by atoms with Crippen LogP contribution in [-0.4, -0.2) is 14.7 Å². The first-order chi connectivity index (χ1) is 12.7. The minimum Gasteiger partial charge on any atom is -0.392 e. The lowest BCUT2D eigenvalue weighted by Gasteiger charge is -2.13. The van der Waals surface area contributed by atoms with Crippen molar-refractivity contribution in [3.05, 3.63) is 82.1 Å². The number of aryl methyl sites for hydroxylation is 1. The summed E-state index contributed by atoms with van der Waals surface area (Å²) in [6.07, 6.45) is 0. The van der Waals surface area contributed by atoms with Crippen LogP contribution in [0.3, 0.4) is 0 Å². The van der Waals surface area contributed by atoms with Gasteiger partial charge in [-0.1, -0.05) is 36.4 Å². The number of rotatable bonds is 4. The third-order valence-corrected chi connectivity index (χ3v) is 4.63. The molecular formula is C21H19N3O2. The molecule has 5 heteroatoms. The van der Waals surface area contributed by atoms with Crippen molar-refractivity contribution in [2.45, 2.75) is 13.2 Å². The van der Waals surface area contributed by atoms with Crippen molar-refractivity contribution in [2.24, 2.45) is 7.05 Å². The monoisotopic (exact) mass is 345 g/mol. The molecular weight excluding hydrogens is 326 g/mol. The number of hydrogen-bond donors (Lipinski definition) is 2. The highest BCUT2D eigenvalue weighted by Crippen LogP contribution is 2.21. The molecule has 0 atom stereocenters. The van der Waals surface area contributed by atoms with E-state index in [-0.39, 0.29) is 12.2 Å². The highest BCUT2D eigenvalue weighted by atomic mass is 16.3. The Bertz CT molecular complexity index is 1160. The van der Waals surface area contributed by atoms with Gasteiger partial charge in [0.15, 0.2) is 0 Å². The van der Waals surface area contributed by atoms with Gasteiger partial charge in [-0.15, -0.1) is 0 Å². The quantitative estimate of drug-likeness (QED) is 0.596. The predicted octanol–water partition coefficient (Wildman–Crippen LogP) is 3.19. The topological polar surface area (TPSA) is 67.2 Å². The Kier molecular flexibility index (Phi) is 4.14. The number of para-hydroxylation sites is 2. The van der Waals surface area contributed by atoms with Gasteiger partial charge in [0.2, 0.25) is 0 Å². The van der Waals surface area contributed by atoms with Gasteiger partial charge in [-0.3, -0.25) is 4.79 Å². The van der Waals surface area contributed by atoms with E-state index in [9.17, 15) is 9.90 Å². The Morgan fingerprint density at radius 3 is 2.50 bits per heavy atom. The first kappa shape index (κ1) is 16.3. The lowest BCUT2D eigenvalue weighted by atomic mass is 10.1. The number of aliphatic hydroxyl groups excluding tert-OH is 1. The van der Waals surface area contributed by atoms with E-state index in [0.717, 1.165) is 21.8 Å². The van der Waals surface area contributed by atoms with Crippen LogP contribution in [0.25, 0.3) is 21.8 Å². The molecule has 0 fully saturated rings. The second-order valence-electron chi connectivity index (χ2n) is 6.29. The average Bonchev–Trinajstić information content (AvgIpc) is 2.69. The summed E-state index contributed by atoms with van der Waals surface area (Å²) in [6.45, 7) is 0.228. The van der Waals surface area contributed by atoms with Gasteiger partial charge in [0.1, 0.15) is 5.82 Å². The van der Waals surface area contributed by atoms with E-state index in [0.29, 0.717) is 23.5 Å². The van der Waals surface area contributed by atoms with Gasteiger partial charge < -0.3 is 15.0 Å². The van der Waals surface area contributed by atoms with Gasteiger partial charge >= 0.3 is 0 Å². The van der Waals surface area contributed by atoms with Crippen molar-refractivity contribution < 1.29 is 5.11 Å². The van der Waals surface area contributed by atoms with Gasteiger partial charge in [0.25, 0.3) is 5.56 Å². The molecule has 0 bridgehead atoms. The van der Waals surface area contributed by atoms with Crippen molar-refractivity contribution in [1.29, 1.82) is 0 Å². The lowest BCUT2D eigenvalue weighted by molar-refractivity contribution is 0.282. The number of pyridine rings is 2. The van der Waals surface area contributed by atoms with E-state index in [1.54, 1.807) is 11.6 Å². The summed E-state index contributed by atoms with van der Waals surface area (Å²) in [6, 6.07) is 19.4. The van der Waals surface area contributed by atoms with E-state index in [1.165, 1.54) is 0 Å². The van der Waals surface area contributed by atoms with Crippen LogP contribution in [0.1, 0.15) is 11.1 Å². The van der Waals surface area contributed by atoms with Crippen molar-refractivity contribution in [1.82, 2.24) is 9.55 Å². The molecule has 4 rings (SSSR count). The molecule has 0 saturated carbocycles. The second-order valence-corrected chi connectivity index (χ2v) is 6.29. The first-order valence-corrected chi connectivity index (χ1v) is 8.48.